The van der Waals surface area contributed by atoms with E-state index in [1.54, 1.807) is 0 Å². The molecule has 0 aliphatic carbocycles. The second-order valence-corrected chi connectivity index (χ2v) is 7.70. The van der Waals surface area contributed by atoms with E-state index in [2.05, 4.69) is 19.7 Å². The topological polar surface area (TPSA) is 82.0 Å². The number of sulfone groups is 1. The van der Waals surface area contributed by atoms with Gasteiger partial charge in [0.2, 0.25) is 5.88 Å². The first-order valence-electron chi connectivity index (χ1n) is 7.60. The van der Waals surface area contributed by atoms with Crippen LogP contribution < -0.4 is 4.74 Å². The molecule has 2 heterocycles. The molecule has 0 aliphatic rings. The summed E-state index contributed by atoms with van der Waals surface area (Å²) in [6.07, 6.45) is -8.10. The van der Waals surface area contributed by atoms with E-state index in [-0.39, 0.29) is 22.0 Å². The number of alkyl halides is 6. The molecule has 0 fully saturated rings. The molecule has 0 saturated carbocycles. The van der Waals surface area contributed by atoms with Crippen molar-refractivity contribution in [2.45, 2.75) is 30.1 Å². The molecule has 13 heteroatoms. The summed E-state index contributed by atoms with van der Waals surface area (Å²) < 4.78 is 105. The molecule has 0 aliphatic heterocycles. The quantitative estimate of drug-likeness (QED) is 0.629. The number of pyridine rings is 1. The number of rotatable bonds is 7. The fourth-order valence-electron chi connectivity index (χ4n) is 2.02. The zero-order valence-corrected chi connectivity index (χ0v) is 14.9. The molecule has 0 N–H and O–H groups in total. The molecule has 0 spiro atoms. The molecule has 154 valence electrons. The minimum absolute atomic E-state index is 0.123. The molecule has 2 aromatic heterocycles. The number of aromatic nitrogens is 3. The summed E-state index contributed by atoms with van der Waals surface area (Å²) in [5, 5.41) is 0. The summed E-state index contributed by atoms with van der Waals surface area (Å²) in [5.41, 5.74) is -0.254. The number of halogens is 6. The monoisotopic (exact) mass is 429 g/mol. The maximum Gasteiger partial charge on any atom is 0.425 e. The van der Waals surface area contributed by atoms with Crippen LogP contribution in [0, 0.1) is 0 Å². The molecule has 0 saturated heterocycles. The highest BCUT2D eigenvalue weighted by atomic mass is 32.2. The van der Waals surface area contributed by atoms with Crippen molar-refractivity contribution in [3.05, 3.63) is 30.7 Å². The van der Waals surface area contributed by atoms with Gasteiger partial charge in [-0.3, -0.25) is 4.98 Å². The Hall–Kier alpha value is -2.44. The van der Waals surface area contributed by atoms with Gasteiger partial charge in [0.1, 0.15) is 12.0 Å². The SMILES string of the molecule is CCS(=O)(=O)c1cccnc1-c1cc(OCC(F)(F)C(F)C(F)(F)F)ncn1. The zero-order chi connectivity index (χ0) is 21.2. The van der Waals surface area contributed by atoms with Crippen molar-refractivity contribution in [2.75, 3.05) is 12.4 Å². The van der Waals surface area contributed by atoms with E-state index in [0.717, 1.165) is 12.4 Å². The standard InChI is InChI=1S/C15H13F6N3O3S/c1-2-28(25,26)10-4-3-5-22-12(10)9-6-11(24-8-23-9)27-7-14(17,18)13(16)15(19,20)21/h3-6,8,13H,2,7H2,1H3. The van der Waals surface area contributed by atoms with E-state index >= 15 is 0 Å². The number of ether oxygens (including phenoxy) is 1. The summed E-state index contributed by atoms with van der Waals surface area (Å²) in [4.78, 5) is 10.9. The van der Waals surface area contributed by atoms with Gasteiger partial charge in [0, 0.05) is 12.3 Å². The number of hydrogen-bond donors (Lipinski definition) is 0. The van der Waals surface area contributed by atoms with Gasteiger partial charge in [-0.1, -0.05) is 6.92 Å². The Morgan fingerprint density at radius 2 is 1.82 bits per heavy atom. The molecule has 1 unspecified atom stereocenters. The van der Waals surface area contributed by atoms with Crippen molar-refractivity contribution in [1.29, 1.82) is 0 Å². The van der Waals surface area contributed by atoms with Gasteiger partial charge in [-0.2, -0.15) is 22.0 Å². The molecule has 6 nitrogen and oxygen atoms in total. The predicted molar refractivity (Wildman–Crippen MR) is 84.4 cm³/mol. The summed E-state index contributed by atoms with van der Waals surface area (Å²) in [6, 6.07) is 3.53. The van der Waals surface area contributed by atoms with Crippen LogP contribution in [0.3, 0.4) is 0 Å². The van der Waals surface area contributed by atoms with Crippen LogP contribution in [0.15, 0.2) is 35.6 Å². The van der Waals surface area contributed by atoms with Crippen LogP contribution in [0.25, 0.3) is 11.4 Å². The Morgan fingerprint density at radius 1 is 1.14 bits per heavy atom. The molecule has 0 aromatic carbocycles. The predicted octanol–water partition coefficient (Wildman–Crippen LogP) is 3.25. The molecular weight excluding hydrogens is 416 g/mol. The fraction of sp³-hybridized carbons (Fsp3) is 0.400. The number of hydrogen-bond acceptors (Lipinski definition) is 6. The van der Waals surface area contributed by atoms with Gasteiger partial charge in [-0.05, 0) is 12.1 Å². The minimum Gasteiger partial charge on any atom is -0.471 e. The largest absolute Gasteiger partial charge is 0.471 e. The van der Waals surface area contributed by atoms with Crippen LogP contribution in [-0.4, -0.2) is 54.0 Å². The number of nitrogens with zero attached hydrogens (tertiary/aromatic N) is 3. The molecule has 1 atom stereocenters. The van der Waals surface area contributed by atoms with Gasteiger partial charge in [0.05, 0.1) is 16.3 Å². The van der Waals surface area contributed by atoms with Crippen LogP contribution >= 0.6 is 0 Å². The van der Waals surface area contributed by atoms with E-state index in [1.807, 2.05) is 0 Å². The van der Waals surface area contributed by atoms with E-state index in [4.69, 9.17) is 0 Å². The first-order chi connectivity index (χ1) is 12.9. The van der Waals surface area contributed by atoms with Gasteiger partial charge in [0.15, 0.2) is 16.4 Å². The second kappa shape index (κ2) is 7.89. The zero-order valence-electron chi connectivity index (χ0n) is 14.1. The third-order valence-corrected chi connectivity index (χ3v) is 5.20. The Kier molecular flexibility index (Phi) is 6.16. The second-order valence-electron chi connectivity index (χ2n) is 5.45. The van der Waals surface area contributed by atoms with E-state index in [1.165, 1.54) is 25.3 Å². The summed E-state index contributed by atoms with van der Waals surface area (Å²) >= 11 is 0. The van der Waals surface area contributed by atoms with Crippen LogP contribution in [0.2, 0.25) is 0 Å². The van der Waals surface area contributed by atoms with E-state index in [9.17, 15) is 34.8 Å². The van der Waals surface area contributed by atoms with E-state index < -0.39 is 40.6 Å². The van der Waals surface area contributed by atoms with Crippen molar-refractivity contribution in [2.24, 2.45) is 0 Å². The fourth-order valence-corrected chi connectivity index (χ4v) is 3.07. The van der Waals surface area contributed by atoms with E-state index in [0.29, 0.717) is 0 Å². The van der Waals surface area contributed by atoms with Crippen molar-refractivity contribution in [3.63, 3.8) is 0 Å². The first kappa shape index (κ1) is 21.9. The highest BCUT2D eigenvalue weighted by Crippen LogP contribution is 2.35. The molecule has 2 aromatic rings. The van der Waals surface area contributed by atoms with Crippen LogP contribution in [-0.2, 0) is 9.84 Å². The van der Waals surface area contributed by atoms with Gasteiger partial charge in [0.25, 0.3) is 6.17 Å². The minimum atomic E-state index is -5.76. The maximum absolute atomic E-state index is 13.3. The van der Waals surface area contributed by atoms with Crippen molar-refractivity contribution < 1.29 is 39.5 Å². The average molecular weight is 429 g/mol. The van der Waals surface area contributed by atoms with Crippen LogP contribution in [0.1, 0.15) is 6.92 Å². The third-order valence-electron chi connectivity index (χ3n) is 3.44. The molecular formula is C15H13F6N3O3S. The van der Waals surface area contributed by atoms with Crippen molar-refractivity contribution >= 4 is 9.84 Å². The molecule has 0 radical (unpaired) electrons. The Bertz CT molecular complexity index is 937. The highest BCUT2D eigenvalue weighted by molar-refractivity contribution is 7.91. The lowest BCUT2D eigenvalue weighted by Gasteiger charge is -2.22. The lowest BCUT2D eigenvalue weighted by atomic mass is 10.2. The van der Waals surface area contributed by atoms with Crippen LogP contribution in [0.5, 0.6) is 5.88 Å². The lowest BCUT2D eigenvalue weighted by molar-refractivity contribution is -0.250. The highest BCUT2D eigenvalue weighted by Gasteiger charge is 2.57. The Labute approximate surface area is 155 Å². The first-order valence-corrected chi connectivity index (χ1v) is 9.25. The van der Waals surface area contributed by atoms with Crippen molar-refractivity contribution in [1.82, 2.24) is 15.0 Å². The smallest absolute Gasteiger partial charge is 0.425 e. The van der Waals surface area contributed by atoms with Crippen LogP contribution in [0.4, 0.5) is 26.3 Å². The van der Waals surface area contributed by atoms with Gasteiger partial charge in [-0.25, -0.2) is 22.8 Å². The Morgan fingerprint density at radius 3 is 2.43 bits per heavy atom. The van der Waals surface area contributed by atoms with Crippen molar-refractivity contribution in [3.8, 4) is 17.3 Å². The average Bonchev–Trinajstić information content (AvgIpc) is 2.65. The van der Waals surface area contributed by atoms with Gasteiger partial charge in [-0.15, -0.1) is 0 Å². The molecule has 2 rings (SSSR count). The normalized spacial score (nSPS) is 14.0. The molecule has 28 heavy (non-hydrogen) atoms. The van der Waals surface area contributed by atoms with Gasteiger partial charge >= 0.3 is 12.1 Å². The third kappa shape index (κ3) is 4.88. The summed E-state index contributed by atoms with van der Waals surface area (Å²) in [7, 11) is -3.71. The molecule has 0 amide bonds. The summed E-state index contributed by atoms with van der Waals surface area (Å²) in [5.74, 6) is -5.71. The molecule has 0 bridgehead atoms. The lowest BCUT2D eigenvalue weighted by Crippen LogP contribution is -2.45. The van der Waals surface area contributed by atoms with Gasteiger partial charge < -0.3 is 4.74 Å². The maximum atomic E-state index is 13.3. The Balaban J connectivity index is 2.30. The summed E-state index contributed by atoms with van der Waals surface area (Å²) in [6.45, 7) is -0.538.